The van der Waals surface area contributed by atoms with Crippen molar-refractivity contribution in [1.82, 2.24) is 4.90 Å². The lowest BCUT2D eigenvalue weighted by Crippen LogP contribution is -2.29. The lowest BCUT2D eigenvalue weighted by Gasteiger charge is -2.15. The van der Waals surface area contributed by atoms with Crippen LogP contribution >= 0.6 is 11.8 Å². The van der Waals surface area contributed by atoms with Gasteiger partial charge in [-0.25, -0.2) is 0 Å². The number of carbonyl (C=O) groups excluding carboxylic acids is 2. The lowest BCUT2D eigenvalue weighted by molar-refractivity contribution is -0.128. The van der Waals surface area contributed by atoms with E-state index in [1.54, 1.807) is 11.8 Å². The van der Waals surface area contributed by atoms with E-state index >= 15 is 0 Å². The molecular weight excluding hydrogens is 356 g/mol. The molecule has 27 heavy (non-hydrogen) atoms. The van der Waals surface area contributed by atoms with Crippen molar-refractivity contribution in [3.8, 4) is 0 Å². The quantitative estimate of drug-likeness (QED) is 0.836. The van der Waals surface area contributed by atoms with Crippen molar-refractivity contribution in [3.63, 3.8) is 0 Å². The summed E-state index contributed by atoms with van der Waals surface area (Å²) in [7, 11) is 0. The van der Waals surface area contributed by atoms with E-state index in [1.807, 2.05) is 29.2 Å². The molecule has 1 aliphatic carbocycles. The summed E-state index contributed by atoms with van der Waals surface area (Å²) in [5.74, 6) is -0.165. The Kier molecular flexibility index (Phi) is 4.96. The number of hydrogen-bond acceptors (Lipinski definition) is 3. The van der Waals surface area contributed by atoms with Gasteiger partial charge in [0, 0.05) is 34.5 Å². The average molecular weight is 381 g/mol. The van der Waals surface area contributed by atoms with Crippen LogP contribution in [0.15, 0.2) is 52.3 Å². The van der Waals surface area contributed by atoms with Crippen LogP contribution in [-0.2, 0) is 9.59 Å². The Hall–Kier alpha value is -2.27. The highest BCUT2D eigenvalue weighted by molar-refractivity contribution is 7.99. The number of anilines is 1. The van der Waals surface area contributed by atoms with Gasteiger partial charge in [-0.2, -0.15) is 0 Å². The Morgan fingerprint density at radius 2 is 1.85 bits per heavy atom. The number of benzene rings is 2. The number of amides is 2. The molecule has 1 saturated carbocycles. The smallest absolute Gasteiger partial charge is 0.229 e. The molecule has 4 nitrogen and oxygen atoms in total. The predicted molar refractivity (Wildman–Crippen MR) is 108 cm³/mol. The van der Waals surface area contributed by atoms with E-state index in [4.69, 9.17) is 0 Å². The molecule has 2 aliphatic rings. The minimum absolute atomic E-state index is 0.0544. The molecule has 1 heterocycles. The molecule has 1 saturated heterocycles. The summed E-state index contributed by atoms with van der Waals surface area (Å²) < 4.78 is 0. The largest absolute Gasteiger partial charge is 0.339 e. The van der Waals surface area contributed by atoms with Crippen LogP contribution < -0.4 is 5.32 Å². The Morgan fingerprint density at radius 1 is 1.11 bits per heavy atom. The number of hydrogen-bond donors (Lipinski definition) is 1. The second-order valence-electron chi connectivity index (χ2n) is 7.56. The number of nitrogens with one attached hydrogen (secondary N) is 1. The number of rotatable bonds is 5. The molecular formula is C22H24N2O2S. The van der Waals surface area contributed by atoms with Crippen LogP contribution in [0.25, 0.3) is 0 Å². The third-order valence-corrected chi connectivity index (χ3v) is 6.38. The fourth-order valence-corrected chi connectivity index (χ4v) is 4.42. The molecule has 1 atom stereocenters. The molecule has 1 aliphatic heterocycles. The molecule has 0 bridgehead atoms. The normalized spacial score (nSPS) is 19.4. The highest BCUT2D eigenvalue weighted by Gasteiger charge is 2.41. The molecule has 2 fully saturated rings. The summed E-state index contributed by atoms with van der Waals surface area (Å²) in [6.45, 7) is 4.79. The maximum absolute atomic E-state index is 12.5. The zero-order valence-electron chi connectivity index (χ0n) is 15.7. The number of likely N-dealkylation sites (tertiary alicyclic amines) is 1. The molecule has 0 aromatic heterocycles. The summed E-state index contributed by atoms with van der Waals surface area (Å²) in [4.78, 5) is 28.8. The van der Waals surface area contributed by atoms with Gasteiger partial charge in [-0.3, -0.25) is 9.59 Å². The monoisotopic (exact) mass is 380 g/mol. The van der Waals surface area contributed by atoms with Crippen LogP contribution in [0.4, 0.5) is 5.69 Å². The van der Waals surface area contributed by atoms with Crippen LogP contribution in [0.5, 0.6) is 0 Å². The Morgan fingerprint density at radius 3 is 2.52 bits per heavy atom. The van der Waals surface area contributed by atoms with Crippen LogP contribution in [0.1, 0.15) is 30.4 Å². The molecule has 2 aromatic rings. The van der Waals surface area contributed by atoms with Gasteiger partial charge in [0.1, 0.15) is 0 Å². The van der Waals surface area contributed by atoms with Crippen LogP contribution in [0.3, 0.4) is 0 Å². The van der Waals surface area contributed by atoms with Crippen molar-refractivity contribution in [2.24, 2.45) is 5.92 Å². The number of carbonyl (C=O) groups is 2. The first kappa shape index (κ1) is 18.1. The van der Waals surface area contributed by atoms with Gasteiger partial charge in [-0.1, -0.05) is 29.5 Å². The van der Waals surface area contributed by atoms with Crippen LogP contribution in [0, 0.1) is 19.8 Å². The Balaban J connectivity index is 1.36. The van der Waals surface area contributed by atoms with E-state index < -0.39 is 0 Å². The topological polar surface area (TPSA) is 49.4 Å². The standard InChI is InChI=1S/C22H24N2O2S/c1-14-3-10-20(15(2)11-14)27-19-8-4-17(5-9-19)23-22(26)16-12-21(25)24(13-16)18-6-7-18/h3-5,8-11,16,18H,6-7,12-13H2,1-2H3,(H,23,26)/t16-/m1/s1. The maximum Gasteiger partial charge on any atom is 0.229 e. The molecule has 140 valence electrons. The summed E-state index contributed by atoms with van der Waals surface area (Å²) >= 11 is 1.72. The Bertz CT molecular complexity index is 874. The van der Waals surface area contributed by atoms with Crippen LogP contribution in [-0.4, -0.2) is 29.3 Å². The van der Waals surface area contributed by atoms with Gasteiger partial charge in [0.05, 0.1) is 5.92 Å². The van der Waals surface area contributed by atoms with Gasteiger partial charge in [-0.15, -0.1) is 0 Å². The predicted octanol–water partition coefficient (Wildman–Crippen LogP) is 4.40. The van der Waals surface area contributed by atoms with Gasteiger partial charge in [0.25, 0.3) is 0 Å². The van der Waals surface area contributed by atoms with E-state index in [0.29, 0.717) is 19.0 Å². The number of nitrogens with zero attached hydrogens (tertiary/aromatic N) is 1. The van der Waals surface area contributed by atoms with E-state index in [2.05, 4.69) is 37.4 Å². The zero-order chi connectivity index (χ0) is 19.0. The van der Waals surface area contributed by atoms with E-state index in [0.717, 1.165) is 23.4 Å². The first-order valence-corrected chi connectivity index (χ1v) is 10.3. The fourth-order valence-electron chi connectivity index (χ4n) is 3.54. The maximum atomic E-state index is 12.5. The first-order valence-electron chi connectivity index (χ1n) is 9.45. The molecule has 0 spiro atoms. The summed E-state index contributed by atoms with van der Waals surface area (Å²) in [5, 5.41) is 2.97. The van der Waals surface area contributed by atoms with Gasteiger partial charge in [-0.05, 0) is 62.6 Å². The molecule has 0 radical (unpaired) electrons. The van der Waals surface area contributed by atoms with Gasteiger partial charge in [0.2, 0.25) is 11.8 Å². The third kappa shape index (κ3) is 4.19. The van der Waals surface area contributed by atoms with Crippen molar-refractivity contribution in [2.75, 3.05) is 11.9 Å². The zero-order valence-corrected chi connectivity index (χ0v) is 16.5. The highest BCUT2D eigenvalue weighted by Crippen LogP contribution is 2.34. The number of aryl methyl sites for hydroxylation is 2. The first-order chi connectivity index (χ1) is 13.0. The van der Waals surface area contributed by atoms with E-state index in [-0.39, 0.29) is 17.7 Å². The molecule has 4 rings (SSSR count). The molecule has 5 heteroatoms. The van der Waals surface area contributed by atoms with Crippen LogP contribution in [0.2, 0.25) is 0 Å². The van der Waals surface area contributed by atoms with Gasteiger partial charge in [0.15, 0.2) is 0 Å². The fraction of sp³-hybridized carbons (Fsp3) is 0.364. The molecule has 2 amide bonds. The summed E-state index contributed by atoms with van der Waals surface area (Å²) in [5.41, 5.74) is 3.31. The van der Waals surface area contributed by atoms with E-state index in [9.17, 15) is 9.59 Å². The molecule has 2 aromatic carbocycles. The SMILES string of the molecule is Cc1ccc(Sc2ccc(NC(=O)[C@@H]3CC(=O)N(C4CC4)C3)cc2)c(C)c1. The second kappa shape index (κ2) is 7.39. The Labute approximate surface area is 164 Å². The molecule has 1 N–H and O–H groups in total. The second-order valence-corrected chi connectivity index (χ2v) is 8.68. The molecule has 0 unspecified atom stereocenters. The summed E-state index contributed by atoms with van der Waals surface area (Å²) in [6, 6.07) is 14.7. The van der Waals surface area contributed by atoms with Gasteiger partial charge < -0.3 is 10.2 Å². The van der Waals surface area contributed by atoms with Crippen molar-refractivity contribution in [2.45, 2.75) is 48.9 Å². The highest BCUT2D eigenvalue weighted by atomic mass is 32.2. The average Bonchev–Trinajstić information content (AvgIpc) is 3.40. The van der Waals surface area contributed by atoms with Gasteiger partial charge >= 0.3 is 0 Å². The van der Waals surface area contributed by atoms with Crippen molar-refractivity contribution < 1.29 is 9.59 Å². The van der Waals surface area contributed by atoms with Crippen molar-refractivity contribution >= 4 is 29.3 Å². The minimum Gasteiger partial charge on any atom is -0.339 e. The minimum atomic E-state index is -0.234. The van der Waals surface area contributed by atoms with Crippen molar-refractivity contribution in [1.29, 1.82) is 0 Å². The van der Waals surface area contributed by atoms with E-state index in [1.165, 1.54) is 16.0 Å². The lowest BCUT2D eigenvalue weighted by atomic mass is 10.1. The third-order valence-electron chi connectivity index (χ3n) is 5.20. The van der Waals surface area contributed by atoms with Crippen molar-refractivity contribution in [3.05, 3.63) is 53.6 Å². The summed E-state index contributed by atoms with van der Waals surface area (Å²) in [6.07, 6.45) is 2.50.